The van der Waals surface area contributed by atoms with Gasteiger partial charge in [-0.2, -0.15) is 0 Å². The van der Waals surface area contributed by atoms with Gasteiger partial charge in [-0.05, 0) is 0 Å². The van der Waals surface area contributed by atoms with Gasteiger partial charge in [0.05, 0.1) is 12.4 Å². The summed E-state index contributed by atoms with van der Waals surface area (Å²) in [6.45, 7) is 4.90. The second-order valence-electron chi connectivity index (χ2n) is 4.82. The number of nitrogens with zero attached hydrogens (tertiary/aromatic N) is 5. The maximum absolute atomic E-state index is 12.7. The zero-order valence-corrected chi connectivity index (χ0v) is 10.8. The van der Waals surface area contributed by atoms with Gasteiger partial charge in [-0.15, -0.1) is 0 Å². The minimum Gasteiger partial charge on any atom is -0.340 e. The molecule has 19 heavy (non-hydrogen) atoms. The van der Waals surface area contributed by atoms with Gasteiger partial charge in [0.25, 0.3) is 0 Å². The molecule has 3 heterocycles. The van der Waals surface area contributed by atoms with Crippen LogP contribution in [0.2, 0.25) is 0 Å². The second-order valence-corrected chi connectivity index (χ2v) is 4.82. The summed E-state index contributed by atoms with van der Waals surface area (Å²) < 4.78 is 14.9. The van der Waals surface area contributed by atoms with Gasteiger partial charge in [-0.3, -0.25) is 0 Å². The molecule has 0 unspecified atom stereocenters. The van der Waals surface area contributed by atoms with E-state index in [-0.39, 0.29) is 0 Å². The van der Waals surface area contributed by atoms with Crippen molar-refractivity contribution >= 4 is 5.95 Å². The average molecular weight is 261 g/mol. The molecule has 0 N–H and O–H groups in total. The van der Waals surface area contributed by atoms with Crippen molar-refractivity contribution in [2.45, 2.75) is 19.9 Å². The second kappa shape index (κ2) is 4.95. The monoisotopic (exact) mass is 261 g/mol. The molecule has 2 aromatic rings. The van der Waals surface area contributed by atoms with Crippen molar-refractivity contribution in [3.63, 3.8) is 0 Å². The van der Waals surface area contributed by atoms with Crippen LogP contribution >= 0.6 is 0 Å². The topological polar surface area (TPSA) is 46.8 Å². The average Bonchev–Trinajstić information content (AvgIpc) is 2.82. The van der Waals surface area contributed by atoms with E-state index in [4.69, 9.17) is 0 Å². The normalized spacial score (nSPS) is 15.6. The lowest BCUT2D eigenvalue weighted by Gasteiger charge is -2.39. The molecule has 1 saturated heterocycles. The third kappa shape index (κ3) is 2.43. The quantitative estimate of drug-likeness (QED) is 0.837. The highest BCUT2D eigenvalue weighted by atomic mass is 19.1. The van der Waals surface area contributed by atoms with E-state index in [1.54, 1.807) is 0 Å². The molecule has 100 valence electrons. The number of anilines is 1. The first-order valence-electron chi connectivity index (χ1n) is 6.48. The number of imidazole rings is 1. The summed E-state index contributed by atoms with van der Waals surface area (Å²) in [5, 5.41) is 0. The fourth-order valence-electron chi connectivity index (χ4n) is 2.42. The lowest BCUT2D eigenvalue weighted by Crippen LogP contribution is -2.49. The van der Waals surface area contributed by atoms with E-state index in [2.05, 4.69) is 31.3 Å². The SMILES string of the molecule is CCc1nccn1CC1CN(c2ncc(F)cn2)C1. The van der Waals surface area contributed by atoms with Crippen LogP contribution < -0.4 is 4.90 Å². The van der Waals surface area contributed by atoms with E-state index in [0.29, 0.717) is 11.9 Å². The van der Waals surface area contributed by atoms with Crippen molar-refractivity contribution in [3.05, 3.63) is 36.4 Å². The molecule has 0 aromatic carbocycles. The zero-order valence-electron chi connectivity index (χ0n) is 10.8. The van der Waals surface area contributed by atoms with Crippen LogP contribution in [-0.2, 0) is 13.0 Å². The molecule has 1 fully saturated rings. The Hall–Kier alpha value is -1.98. The molecular weight excluding hydrogens is 245 g/mol. The van der Waals surface area contributed by atoms with Gasteiger partial charge in [0.2, 0.25) is 5.95 Å². The van der Waals surface area contributed by atoms with E-state index in [1.807, 2.05) is 12.4 Å². The number of halogens is 1. The van der Waals surface area contributed by atoms with Gasteiger partial charge in [0.1, 0.15) is 5.82 Å². The highest BCUT2D eigenvalue weighted by Gasteiger charge is 2.29. The van der Waals surface area contributed by atoms with Crippen molar-refractivity contribution in [1.82, 2.24) is 19.5 Å². The van der Waals surface area contributed by atoms with Crippen LogP contribution in [0.5, 0.6) is 0 Å². The van der Waals surface area contributed by atoms with E-state index in [0.717, 1.165) is 31.9 Å². The largest absolute Gasteiger partial charge is 0.340 e. The first-order valence-corrected chi connectivity index (χ1v) is 6.48. The number of hydrogen-bond donors (Lipinski definition) is 0. The summed E-state index contributed by atoms with van der Waals surface area (Å²) in [4.78, 5) is 14.4. The summed E-state index contributed by atoms with van der Waals surface area (Å²) in [5.41, 5.74) is 0. The summed E-state index contributed by atoms with van der Waals surface area (Å²) in [7, 11) is 0. The smallest absolute Gasteiger partial charge is 0.225 e. The molecule has 6 heteroatoms. The van der Waals surface area contributed by atoms with Crippen molar-refractivity contribution in [2.75, 3.05) is 18.0 Å². The van der Waals surface area contributed by atoms with E-state index < -0.39 is 5.82 Å². The molecule has 1 aliphatic rings. The molecule has 1 aliphatic heterocycles. The summed E-state index contributed by atoms with van der Waals surface area (Å²) in [6, 6.07) is 0. The maximum Gasteiger partial charge on any atom is 0.225 e. The predicted octanol–water partition coefficient (Wildman–Crippen LogP) is 1.51. The Bertz CT molecular complexity index is 544. The van der Waals surface area contributed by atoms with Crippen LogP contribution in [0.15, 0.2) is 24.8 Å². The standard InChI is InChI=1S/C13H16FN5/c1-2-12-15-3-4-18(12)7-10-8-19(9-10)13-16-5-11(14)6-17-13/h3-6,10H,2,7-9H2,1H3. The number of rotatable bonds is 4. The maximum atomic E-state index is 12.7. The Morgan fingerprint density at radius 1 is 1.26 bits per heavy atom. The molecule has 0 spiro atoms. The van der Waals surface area contributed by atoms with E-state index in [1.165, 1.54) is 12.4 Å². The molecule has 2 aromatic heterocycles. The Morgan fingerprint density at radius 2 is 2.00 bits per heavy atom. The molecule has 0 aliphatic carbocycles. The van der Waals surface area contributed by atoms with Crippen molar-refractivity contribution in [1.29, 1.82) is 0 Å². The summed E-state index contributed by atoms with van der Waals surface area (Å²) in [6.07, 6.45) is 7.24. The Kier molecular flexibility index (Phi) is 3.15. The van der Waals surface area contributed by atoms with Crippen molar-refractivity contribution in [2.24, 2.45) is 5.92 Å². The van der Waals surface area contributed by atoms with Crippen LogP contribution in [0.1, 0.15) is 12.7 Å². The molecule has 3 rings (SSSR count). The van der Waals surface area contributed by atoms with Crippen LogP contribution in [0, 0.1) is 11.7 Å². The van der Waals surface area contributed by atoms with Crippen LogP contribution in [0.4, 0.5) is 10.3 Å². The first kappa shape index (κ1) is 12.1. The van der Waals surface area contributed by atoms with Crippen LogP contribution in [-0.4, -0.2) is 32.6 Å². The minimum absolute atomic E-state index is 0.396. The molecule has 5 nitrogen and oxygen atoms in total. The Balaban J connectivity index is 1.57. The molecule has 0 bridgehead atoms. The fraction of sp³-hybridized carbons (Fsp3) is 0.462. The summed E-state index contributed by atoms with van der Waals surface area (Å²) in [5.74, 6) is 1.91. The van der Waals surface area contributed by atoms with Crippen LogP contribution in [0.3, 0.4) is 0 Å². The number of hydrogen-bond acceptors (Lipinski definition) is 4. The Labute approximate surface area is 111 Å². The third-order valence-electron chi connectivity index (χ3n) is 3.42. The first-order chi connectivity index (χ1) is 9.26. The van der Waals surface area contributed by atoms with E-state index in [9.17, 15) is 4.39 Å². The lowest BCUT2D eigenvalue weighted by atomic mass is 10.0. The van der Waals surface area contributed by atoms with E-state index >= 15 is 0 Å². The molecular formula is C13H16FN5. The predicted molar refractivity (Wildman–Crippen MR) is 69.3 cm³/mol. The van der Waals surface area contributed by atoms with Gasteiger partial charge in [-0.25, -0.2) is 19.3 Å². The molecule has 0 saturated carbocycles. The van der Waals surface area contributed by atoms with Gasteiger partial charge < -0.3 is 9.47 Å². The van der Waals surface area contributed by atoms with Gasteiger partial charge >= 0.3 is 0 Å². The Morgan fingerprint density at radius 3 is 2.68 bits per heavy atom. The minimum atomic E-state index is -0.396. The lowest BCUT2D eigenvalue weighted by molar-refractivity contribution is 0.348. The molecule has 0 radical (unpaired) electrons. The molecule has 0 atom stereocenters. The van der Waals surface area contributed by atoms with Crippen molar-refractivity contribution < 1.29 is 4.39 Å². The van der Waals surface area contributed by atoms with Gasteiger partial charge in [-0.1, -0.05) is 6.92 Å². The van der Waals surface area contributed by atoms with Gasteiger partial charge in [0.15, 0.2) is 5.82 Å². The number of aryl methyl sites for hydroxylation is 1. The summed E-state index contributed by atoms with van der Waals surface area (Å²) >= 11 is 0. The highest BCUT2D eigenvalue weighted by molar-refractivity contribution is 5.33. The third-order valence-corrected chi connectivity index (χ3v) is 3.42. The van der Waals surface area contributed by atoms with Gasteiger partial charge in [0, 0.05) is 44.4 Å². The zero-order chi connectivity index (χ0) is 13.2. The van der Waals surface area contributed by atoms with Crippen LogP contribution in [0.25, 0.3) is 0 Å². The number of aromatic nitrogens is 4. The molecule has 0 amide bonds. The van der Waals surface area contributed by atoms with Crippen molar-refractivity contribution in [3.8, 4) is 0 Å². The fourth-order valence-corrected chi connectivity index (χ4v) is 2.42. The highest BCUT2D eigenvalue weighted by Crippen LogP contribution is 2.22.